The molecule has 84 valence electrons. The Morgan fingerprint density at radius 2 is 2.13 bits per heavy atom. The molecule has 1 aliphatic carbocycles. The highest BCUT2D eigenvalue weighted by Crippen LogP contribution is 2.29. The van der Waals surface area contributed by atoms with Gasteiger partial charge in [0.05, 0.1) is 0 Å². The standard InChI is InChI=1S/C10H16N2O3/c1-6-5-7(6)11-10(15)12-4-2-3-8(12)9(13)14/h6-8H,2-5H2,1H3,(H,11,15)(H,13,14)/t6?,7?,8-/m1/s1. The van der Waals surface area contributed by atoms with E-state index in [9.17, 15) is 9.59 Å². The minimum Gasteiger partial charge on any atom is -0.480 e. The van der Waals surface area contributed by atoms with Gasteiger partial charge in [0.1, 0.15) is 6.04 Å². The molecule has 0 aromatic carbocycles. The van der Waals surface area contributed by atoms with Crippen LogP contribution in [0.2, 0.25) is 0 Å². The van der Waals surface area contributed by atoms with Crippen LogP contribution in [0.1, 0.15) is 26.2 Å². The quantitative estimate of drug-likeness (QED) is 0.706. The molecule has 5 heteroatoms. The highest BCUT2D eigenvalue weighted by molar-refractivity contribution is 5.83. The zero-order valence-electron chi connectivity index (χ0n) is 8.77. The van der Waals surface area contributed by atoms with Gasteiger partial charge in [-0.05, 0) is 25.2 Å². The molecule has 15 heavy (non-hydrogen) atoms. The fourth-order valence-electron chi connectivity index (χ4n) is 2.03. The van der Waals surface area contributed by atoms with E-state index in [0.29, 0.717) is 18.9 Å². The third-order valence-corrected chi connectivity index (χ3v) is 3.22. The van der Waals surface area contributed by atoms with E-state index in [-0.39, 0.29) is 12.1 Å². The van der Waals surface area contributed by atoms with Crippen LogP contribution in [0.15, 0.2) is 0 Å². The van der Waals surface area contributed by atoms with Crippen molar-refractivity contribution >= 4 is 12.0 Å². The zero-order valence-corrected chi connectivity index (χ0v) is 8.77. The molecule has 0 bridgehead atoms. The van der Waals surface area contributed by atoms with E-state index >= 15 is 0 Å². The van der Waals surface area contributed by atoms with Gasteiger partial charge in [0.2, 0.25) is 0 Å². The molecule has 2 amide bonds. The van der Waals surface area contributed by atoms with Gasteiger partial charge < -0.3 is 15.3 Å². The molecule has 0 spiro atoms. The molecule has 2 N–H and O–H groups in total. The van der Waals surface area contributed by atoms with Crippen LogP contribution in [0, 0.1) is 5.92 Å². The Balaban J connectivity index is 1.91. The second-order valence-corrected chi connectivity index (χ2v) is 4.46. The van der Waals surface area contributed by atoms with Crippen molar-refractivity contribution in [3.63, 3.8) is 0 Å². The summed E-state index contributed by atoms with van der Waals surface area (Å²) in [4.78, 5) is 24.0. The number of rotatable bonds is 2. The second-order valence-electron chi connectivity index (χ2n) is 4.46. The summed E-state index contributed by atoms with van der Waals surface area (Å²) in [6.07, 6.45) is 2.37. The van der Waals surface area contributed by atoms with Gasteiger partial charge in [0, 0.05) is 12.6 Å². The third kappa shape index (κ3) is 2.06. The summed E-state index contributed by atoms with van der Waals surface area (Å²) in [6.45, 7) is 2.63. The van der Waals surface area contributed by atoms with Gasteiger partial charge in [0.25, 0.3) is 0 Å². The first kappa shape index (κ1) is 10.3. The Morgan fingerprint density at radius 3 is 2.67 bits per heavy atom. The summed E-state index contributed by atoms with van der Waals surface area (Å²) < 4.78 is 0. The Hall–Kier alpha value is -1.26. The van der Waals surface area contributed by atoms with Crippen LogP contribution in [-0.4, -0.2) is 40.6 Å². The summed E-state index contributed by atoms with van der Waals surface area (Å²) in [5.74, 6) is -0.355. The molecule has 1 saturated carbocycles. The average molecular weight is 212 g/mol. The van der Waals surface area contributed by atoms with Crippen molar-refractivity contribution in [2.24, 2.45) is 5.92 Å². The maximum Gasteiger partial charge on any atom is 0.326 e. The molecule has 3 atom stereocenters. The smallest absolute Gasteiger partial charge is 0.326 e. The van der Waals surface area contributed by atoms with Crippen LogP contribution >= 0.6 is 0 Å². The minimum atomic E-state index is -0.897. The van der Waals surface area contributed by atoms with Crippen LogP contribution in [0.3, 0.4) is 0 Å². The summed E-state index contributed by atoms with van der Waals surface area (Å²) in [6, 6.07) is -0.583. The van der Waals surface area contributed by atoms with Crippen molar-refractivity contribution in [3.05, 3.63) is 0 Å². The molecule has 1 saturated heterocycles. The fraction of sp³-hybridized carbons (Fsp3) is 0.800. The number of nitrogens with zero attached hydrogens (tertiary/aromatic N) is 1. The van der Waals surface area contributed by atoms with E-state index in [0.717, 1.165) is 12.8 Å². The van der Waals surface area contributed by atoms with Gasteiger partial charge in [0.15, 0.2) is 0 Å². The maximum absolute atomic E-state index is 11.7. The Morgan fingerprint density at radius 1 is 1.47 bits per heavy atom. The molecule has 2 rings (SSSR count). The topological polar surface area (TPSA) is 69.6 Å². The number of nitrogens with one attached hydrogen (secondary N) is 1. The van der Waals surface area contributed by atoms with Crippen LogP contribution in [0.5, 0.6) is 0 Å². The Kier molecular flexibility index (Phi) is 2.54. The van der Waals surface area contributed by atoms with E-state index in [4.69, 9.17) is 5.11 Å². The monoisotopic (exact) mass is 212 g/mol. The Bertz CT molecular complexity index is 292. The number of hydrogen-bond acceptors (Lipinski definition) is 2. The normalized spacial score (nSPS) is 33.9. The van der Waals surface area contributed by atoms with Crippen LogP contribution in [-0.2, 0) is 4.79 Å². The highest BCUT2D eigenvalue weighted by Gasteiger charge is 2.39. The van der Waals surface area contributed by atoms with Gasteiger partial charge in [-0.25, -0.2) is 9.59 Å². The summed E-state index contributed by atoms with van der Waals surface area (Å²) in [7, 11) is 0. The molecule has 2 fully saturated rings. The first-order chi connectivity index (χ1) is 7.09. The van der Waals surface area contributed by atoms with Gasteiger partial charge >= 0.3 is 12.0 Å². The summed E-state index contributed by atoms with van der Waals surface area (Å²) in [5.41, 5.74) is 0. The van der Waals surface area contributed by atoms with Crippen molar-refractivity contribution < 1.29 is 14.7 Å². The highest BCUT2D eigenvalue weighted by atomic mass is 16.4. The van der Waals surface area contributed by atoms with Gasteiger partial charge in [-0.1, -0.05) is 6.92 Å². The molecule has 0 radical (unpaired) electrons. The van der Waals surface area contributed by atoms with Crippen molar-refractivity contribution in [3.8, 4) is 0 Å². The third-order valence-electron chi connectivity index (χ3n) is 3.22. The fourth-order valence-corrected chi connectivity index (χ4v) is 2.03. The number of carboxylic acids is 1. The number of amides is 2. The predicted molar refractivity (Wildman–Crippen MR) is 53.5 cm³/mol. The van der Waals surface area contributed by atoms with Gasteiger partial charge in [-0.15, -0.1) is 0 Å². The second kappa shape index (κ2) is 3.72. The van der Waals surface area contributed by atoms with Crippen LogP contribution in [0.25, 0.3) is 0 Å². The summed E-state index contributed by atoms with van der Waals surface area (Å²) >= 11 is 0. The lowest BCUT2D eigenvalue weighted by molar-refractivity contribution is -0.141. The number of hydrogen-bond donors (Lipinski definition) is 2. The number of urea groups is 1. The van der Waals surface area contributed by atoms with Crippen molar-refractivity contribution in [1.29, 1.82) is 0 Å². The van der Waals surface area contributed by atoms with E-state index in [1.165, 1.54) is 4.90 Å². The largest absolute Gasteiger partial charge is 0.480 e. The predicted octanol–water partition coefficient (Wildman–Crippen LogP) is 0.653. The molecular weight excluding hydrogens is 196 g/mol. The van der Waals surface area contributed by atoms with Crippen LogP contribution in [0.4, 0.5) is 4.79 Å². The summed E-state index contributed by atoms with van der Waals surface area (Å²) in [5, 5.41) is 11.8. The lowest BCUT2D eigenvalue weighted by Crippen LogP contribution is -2.46. The molecule has 1 aliphatic heterocycles. The molecular formula is C10H16N2O3. The van der Waals surface area contributed by atoms with E-state index < -0.39 is 12.0 Å². The minimum absolute atomic E-state index is 0.214. The molecule has 5 nitrogen and oxygen atoms in total. The molecule has 0 aromatic rings. The first-order valence-corrected chi connectivity index (χ1v) is 5.39. The number of carboxylic acid groups (broad SMARTS) is 1. The molecule has 2 unspecified atom stereocenters. The van der Waals surface area contributed by atoms with Crippen molar-refractivity contribution in [2.45, 2.75) is 38.3 Å². The lowest BCUT2D eigenvalue weighted by atomic mass is 10.2. The van der Waals surface area contributed by atoms with Crippen molar-refractivity contribution in [2.75, 3.05) is 6.54 Å². The molecule has 2 aliphatic rings. The number of carbonyl (C=O) groups excluding carboxylic acids is 1. The number of carbonyl (C=O) groups is 2. The van der Waals surface area contributed by atoms with Crippen molar-refractivity contribution in [1.82, 2.24) is 10.2 Å². The van der Waals surface area contributed by atoms with E-state index in [1.807, 2.05) is 0 Å². The van der Waals surface area contributed by atoms with E-state index in [1.54, 1.807) is 0 Å². The lowest BCUT2D eigenvalue weighted by Gasteiger charge is -2.21. The van der Waals surface area contributed by atoms with E-state index in [2.05, 4.69) is 12.2 Å². The SMILES string of the molecule is CC1CC1NC(=O)N1CCC[C@@H]1C(=O)O. The number of likely N-dealkylation sites (tertiary alicyclic amines) is 1. The average Bonchev–Trinajstić information content (AvgIpc) is 2.71. The van der Waals surface area contributed by atoms with Gasteiger partial charge in [-0.3, -0.25) is 0 Å². The number of aliphatic carboxylic acids is 1. The first-order valence-electron chi connectivity index (χ1n) is 5.39. The van der Waals surface area contributed by atoms with Gasteiger partial charge in [-0.2, -0.15) is 0 Å². The molecule has 1 heterocycles. The van der Waals surface area contributed by atoms with Crippen LogP contribution < -0.4 is 5.32 Å². The molecule has 0 aromatic heterocycles. The maximum atomic E-state index is 11.7. The Labute approximate surface area is 88.4 Å². The zero-order chi connectivity index (χ0) is 11.0.